The highest BCUT2D eigenvalue weighted by molar-refractivity contribution is 5.93. The van der Waals surface area contributed by atoms with E-state index in [1.165, 1.54) is 0 Å². The number of hydrogen-bond acceptors (Lipinski definition) is 4. The summed E-state index contributed by atoms with van der Waals surface area (Å²) in [5, 5.41) is 5.82. The molecule has 0 aromatic heterocycles. The number of hydrogen-bond donors (Lipinski definition) is 2. The van der Waals surface area contributed by atoms with E-state index in [0.29, 0.717) is 6.54 Å². The summed E-state index contributed by atoms with van der Waals surface area (Å²) in [5.41, 5.74) is 3.95. The molecule has 1 atom stereocenters. The summed E-state index contributed by atoms with van der Waals surface area (Å²) in [4.78, 5) is 26.5. The van der Waals surface area contributed by atoms with Crippen molar-refractivity contribution in [3.63, 3.8) is 0 Å². The van der Waals surface area contributed by atoms with Gasteiger partial charge in [0, 0.05) is 12.2 Å². The Hall–Kier alpha value is -2.86. The van der Waals surface area contributed by atoms with Gasteiger partial charge >= 0.3 is 0 Å². The first-order valence-corrected chi connectivity index (χ1v) is 9.28. The second-order valence-electron chi connectivity index (χ2n) is 6.95. The molecule has 2 aromatic rings. The summed E-state index contributed by atoms with van der Waals surface area (Å²) in [7, 11) is 3.38. The van der Waals surface area contributed by atoms with Crippen LogP contribution in [0.1, 0.15) is 23.6 Å². The van der Waals surface area contributed by atoms with Gasteiger partial charge in [-0.2, -0.15) is 0 Å². The quantitative estimate of drug-likeness (QED) is 0.735. The van der Waals surface area contributed by atoms with Crippen LogP contribution in [-0.2, 0) is 16.1 Å². The Labute approximate surface area is 166 Å². The molecule has 2 N–H and O–H groups in total. The van der Waals surface area contributed by atoms with Gasteiger partial charge in [0.15, 0.2) is 0 Å². The number of nitrogens with zero attached hydrogens (tertiary/aromatic N) is 1. The molecule has 6 nitrogen and oxygen atoms in total. The van der Waals surface area contributed by atoms with Crippen LogP contribution in [0.2, 0.25) is 0 Å². The van der Waals surface area contributed by atoms with E-state index in [2.05, 4.69) is 10.6 Å². The Kier molecular flexibility index (Phi) is 7.58. The first-order valence-electron chi connectivity index (χ1n) is 9.28. The predicted molar refractivity (Wildman–Crippen MR) is 111 cm³/mol. The molecule has 0 spiro atoms. The molecule has 150 valence electrons. The number of rotatable bonds is 8. The lowest BCUT2D eigenvalue weighted by molar-refractivity contribution is -0.126. The zero-order chi connectivity index (χ0) is 20.7. The van der Waals surface area contributed by atoms with Crippen LogP contribution in [0.3, 0.4) is 0 Å². The minimum atomic E-state index is -0.428. The highest BCUT2D eigenvalue weighted by atomic mass is 16.5. The number of anilines is 1. The van der Waals surface area contributed by atoms with Gasteiger partial charge in [-0.15, -0.1) is 0 Å². The van der Waals surface area contributed by atoms with E-state index in [1.807, 2.05) is 56.3 Å². The van der Waals surface area contributed by atoms with Crippen molar-refractivity contribution >= 4 is 17.5 Å². The maximum Gasteiger partial charge on any atom is 0.238 e. The summed E-state index contributed by atoms with van der Waals surface area (Å²) in [6.07, 6.45) is 0. The van der Waals surface area contributed by atoms with E-state index >= 15 is 0 Å². The maximum atomic E-state index is 12.4. The smallest absolute Gasteiger partial charge is 0.238 e. The highest BCUT2D eigenvalue weighted by Crippen LogP contribution is 2.18. The highest BCUT2D eigenvalue weighted by Gasteiger charge is 2.20. The number of ether oxygens (including phenoxy) is 1. The minimum Gasteiger partial charge on any atom is -0.497 e. The van der Waals surface area contributed by atoms with Gasteiger partial charge in [-0.1, -0.05) is 24.3 Å². The van der Waals surface area contributed by atoms with Gasteiger partial charge in [-0.05, 0) is 62.7 Å². The van der Waals surface area contributed by atoms with E-state index in [1.54, 1.807) is 26.0 Å². The minimum absolute atomic E-state index is 0.127. The molecule has 2 rings (SSSR count). The SMILES string of the molecule is COc1ccc(CNC(=O)[C@H](C)N(C)CC(=O)Nc2cccc(C)c2C)cc1. The van der Waals surface area contributed by atoms with Crippen LogP contribution >= 0.6 is 0 Å². The van der Waals surface area contributed by atoms with Crippen LogP contribution < -0.4 is 15.4 Å². The molecule has 0 aliphatic heterocycles. The molecule has 0 unspecified atom stereocenters. The molecule has 0 radical (unpaired) electrons. The van der Waals surface area contributed by atoms with Gasteiger partial charge in [0.1, 0.15) is 5.75 Å². The monoisotopic (exact) mass is 383 g/mol. The first kappa shape index (κ1) is 21.4. The van der Waals surface area contributed by atoms with Gasteiger partial charge in [0.25, 0.3) is 0 Å². The Morgan fingerprint density at radius 1 is 1.11 bits per heavy atom. The fourth-order valence-corrected chi connectivity index (χ4v) is 2.72. The van der Waals surface area contributed by atoms with Crippen molar-refractivity contribution in [1.82, 2.24) is 10.2 Å². The molecule has 2 aromatic carbocycles. The van der Waals surface area contributed by atoms with Gasteiger partial charge in [-0.25, -0.2) is 0 Å². The van der Waals surface area contributed by atoms with E-state index in [4.69, 9.17) is 4.74 Å². The third-order valence-electron chi connectivity index (χ3n) is 4.94. The van der Waals surface area contributed by atoms with Gasteiger partial charge < -0.3 is 15.4 Å². The number of amides is 2. The van der Waals surface area contributed by atoms with Crippen molar-refractivity contribution in [2.24, 2.45) is 0 Å². The van der Waals surface area contributed by atoms with Gasteiger partial charge in [0.05, 0.1) is 19.7 Å². The number of aryl methyl sites for hydroxylation is 1. The number of benzene rings is 2. The second kappa shape index (κ2) is 9.90. The zero-order valence-electron chi connectivity index (χ0n) is 17.2. The van der Waals surface area contributed by atoms with Crippen molar-refractivity contribution < 1.29 is 14.3 Å². The van der Waals surface area contributed by atoms with Gasteiger partial charge in [0.2, 0.25) is 11.8 Å². The van der Waals surface area contributed by atoms with Crippen molar-refractivity contribution in [2.75, 3.05) is 26.0 Å². The van der Waals surface area contributed by atoms with Gasteiger partial charge in [-0.3, -0.25) is 14.5 Å². The van der Waals surface area contributed by atoms with E-state index in [0.717, 1.165) is 28.1 Å². The third-order valence-corrected chi connectivity index (χ3v) is 4.94. The number of carbonyl (C=O) groups is 2. The molecular weight excluding hydrogens is 354 g/mol. The Balaban J connectivity index is 1.84. The molecule has 2 amide bonds. The predicted octanol–water partition coefficient (Wildman–Crippen LogP) is 2.89. The van der Waals surface area contributed by atoms with Crippen LogP contribution in [0.15, 0.2) is 42.5 Å². The van der Waals surface area contributed by atoms with E-state index in [9.17, 15) is 9.59 Å². The maximum absolute atomic E-state index is 12.4. The van der Waals surface area contributed by atoms with Crippen molar-refractivity contribution in [3.8, 4) is 5.75 Å². The molecule has 0 bridgehead atoms. The summed E-state index contributed by atoms with van der Waals surface area (Å²) in [5.74, 6) is 0.502. The molecule has 0 fully saturated rings. The van der Waals surface area contributed by atoms with Crippen molar-refractivity contribution in [1.29, 1.82) is 0 Å². The van der Waals surface area contributed by atoms with E-state index in [-0.39, 0.29) is 18.4 Å². The fourth-order valence-electron chi connectivity index (χ4n) is 2.72. The zero-order valence-corrected chi connectivity index (χ0v) is 17.2. The molecule has 0 saturated carbocycles. The standard InChI is InChI=1S/C22H29N3O3/c1-15-7-6-8-20(16(15)2)24-21(26)14-25(4)17(3)22(27)23-13-18-9-11-19(28-5)12-10-18/h6-12,17H,13-14H2,1-5H3,(H,23,27)(H,24,26)/t17-/m0/s1. The lowest BCUT2D eigenvalue weighted by Crippen LogP contribution is -2.45. The summed E-state index contributed by atoms with van der Waals surface area (Å²) in [6, 6.07) is 12.9. The summed E-state index contributed by atoms with van der Waals surface area (Å²) in [6.45, 7) is 6.32. The average Bonchev–Trinajstić information content (AvgIpc) is 2.69. The number of methoxy groups -OCH3 is 1. The van der Waals surface area contributed by atoms with Crippen LogP contribution in [0, 0.1) is 13.8 Å². The topological polar surface area (TPSA) is 70.7 Å². The number of carbonyl (C=O) groups excluding carboxylic acids is 2. The fraction of sp³-hybridized carbons (Fsp3) is 0.364. The summed E-state index contributed by atoms with van der Waals surface area (Å²) >= 11 is 0. The average molecular weight is 383 g/mol. The second-order valence-corrected chi connectivity index (χ2v) is 6.95. The number of nitrogens with one attached hydrogen (secondary N) is 2. The van der Waals surface area contributed by atoms with Crippen LogP contribution in [0.4, 0.5) is 5.69 Å². The Morgan fingerprint density at radius 2 is 1.79 bits per heavy atom. The van der Waals surface area contributed by atoms with Crippen LogP contribution in [0.5, 0.6) is 5.75 Å². The van der Waals surface area contributed by atoms with Crippen molar-refractivity contribution in [2.45, 2.75) is 33.4 Å². The molecule has 0 aliphatic rings. The third kappa shape index (κ3) is 5.82. The Morgan fingerprint density at radius 3 is 2.43 bits per heavy atom. The lowest BCUT2D eigenvalue weighted by atomic mass is 10.1. The molecule has 0 heterocycles. The first-order chi connectivity index (χ1) is 13.3. The molecule has 0 saturated heterocycles. The van der Waals surface area contributed by atoms with E-state index < -0.39 is 6.04 Å². The molecule has 6 heteroatoms. The normalized spacial score (nSPS) is 11.8. The molecular formula is C22H29N3O3. The molecule has 28 heavy (non-hydrogen) atoms. The van der Waals surface area contributed by atoms with Crippen LogP contribution in [-0.4, -0.2) is 43.5 Å². The summed E-state index contributed by atoms with van der Waals surface area (Å²) < 4.78 is 5.13. The largest absolute Gasteiger partial charge is 0.497 e. The van der Waals surface area contributed by atoms with Crippen LogP contribution in [0.25, 0.3) is 0 Å². The Bertz CT molecular complexity index is 818. The molecule has 0 aliphatic carbocycles. The number of likely N-dealkylation sites (N-methyl/N-ethyl adjacent to an activating group) is 1. The lowest BCUT2D eigenvalue weighted by Gasteiger charge is -2.23. The van der Waals surface area contributed by atoms with Crippen molar-refractivity contribution in [3.05, 3.63) is 59.2 Å².